The topological polar surface area (TPSA) is 23.6 Å². The number of carbonyl (C=O) groups excluding carboxylic acids is 1. The highest BCUT2D eigenvalue weighted by molar-refractivity contribution is 5.78. The Hall–Kier alpha value is -1.35. The van der Waals surface area contributed by atoms with Crippen LogP contribution in [0.3, 0.4) is 0 Å². The third kappa shape index (κ3) is 2.47. The van der Waals surface area contributed by atoms with Gasteiger partial charge in [0.25, 0.3) is 0 Å². The lowest BCUT2D eigenvalue weighted by Gasteiger charge is -2.39. The third-order valence-corrected chi connectivity index (χ3v) is 4.66. The second-order valence-corrected chi connectivity index (χ2v) is 6.27. The Labute approximate surface area is 121 Å². The molecule has 3 rings (SSSR count). The van der Waals surface area contributed by atoms with Crippen LogP contribution < -0.4 is 0 Å². The number of piperazine rings is 1. The van der Waals surface area contributed by atoms with Crippen LogP contribution in [-0.2, 0) is 11.2 Å². The quantitative estimate of drug-likeness (QED) is 0.826. The number of amides is 1. The molecule has 1 heterocycles. The van der Waals surface area contributed by atoms with Gasteiger partial charge in [-0.3, -0.25) is 9.69 Å². The molecular formula is C17H24N2O. The fourth-order valence-corrected chi connectivity index (χ4v) is 3.53. The average molecular weight is 272 g/mol. The summed E-state index contributed by atoms with van der Waals surface area (Å²) in [5, 5.41) is 0. The molecular weight excluding hydrogens is 248 g/mol. The van der Waals surface area contributed by atoms with Gasteiger partial charge >= 0.3 is 0 Å². The Morgan fingerprint density at radius 2 is 1.85 bits per heavy atom. The molecule has 20 heavy (non-hydrogen) atoms. The molecule has 1 fully saturated rings. The normalized spacial score (nSPS) is 23.1. The molecule has 0 bridgehead atoms. The first-order valence-corrected chi connectivity index (χ1v) is 7.77. The molecule has 1 aromatic rings. The molecule has 1 aliphatic carbocycles. The summed E-state index contributed by atoms with van der Waals surface area (Å²) < 4.78 is 0. The summed E-state index contributed by atoms with van der Waals surface area (Å²) in [6.45, 7) is 7.77. The summed E-state index contributed by atoms with van der Waals surface area (Å²) in [5.41, 5.74) is 3.02. The van der Waals surface area contributed by atoms with Crippen LogP contribution in [0, 0.1) is 5.92 Å². The van der Waals surface area contributed by atoms with E-state index >= 15 is 0 Å². The highest BCUT2D eigenvalue weighted by Gasteiger charge is 2.31. The van der Waals surface area contributed by atoms with Crippen LogP contribution in [0.15, 0.2) is 24.3 Å². The first-order valence-electron chi connectivity index (χ1n) is 7.77. The van der Waals surface area contributed by atoms with Crippen molar-refractivity contribution < 1.29 is 4.79 Å². The molecule has 0 radical (unpaired) electrons. The average Bonchev–Trinajstić information content (AvgIpc) is 2.90. The van der Waals surface area contributed by atoms with E-state index in [-0.39, 0.29) is 5.92 Å². The standard InChI is InChI=1S/C17H24N2O/c1-13(2)17(20)19-11-9-18(10-12-19)16-8-7-14-5-3-4-6-15(14)16/h3-6,13,16H,7-12H2,1-2H3. The van der Waals surface area contributed by atoms with E-state index < -0.39 is 0 Å². The van der Waals surface area contributed by atoms with Crippen LogP contribution in [0.2, 0.25) is 0 Å². The molecule has 108 valence electrons. The summed E-state index contributed by atoms with van der Waals surface area (Å²) in [4.78, 5) is 16.6. The number of aryl methyl sites for hydroxylation is 1. The summed E-state index contributed by atoms with van der Waals surface area (Å²) in [7, 11) is 0. The van der Waals surface area contributed by atoms with Crippen LogP contribution in [-0.4, -0.2) is 41.9 Å². The van der Waals surface area contributed by atoms with Crippen molar-refractivity contribution in [3.8, 4) is 0 Å². The van der Waals surface area contributed by atoms with Crippen LogP contribution >= 0.6 is 0 Å². The van der Waals surface area contributed by atoms with Crippen molar-refractivity contribution in [2.45, 2.75) is 32.7 Å². The zero-order valence-corrected chi connectivity index (χ0v) is 12.5. The van der Waals surface area contributed by atoms with Gasteiger partial charge < -0.3 is 4.90 Å². The Balaban J connectivity index is 1.64. The minimum Gasteiger partial charge on any atom is -0.340 e. The molecule has 2 aliphatic rings. The van der Waals surface area contributed by atoms with Gasteiger partial charge in [-0.25, -0.2) is 0 Å². The molecule has 0 spiro atoms. The second-order valence-electron chi connectivity index (χ2n) is 6.27. The Bertz CT molecular complexity index is 490. The van der Waals surface area contributed by atoms with E-state index in [1.165, 1.54) is 24.0 Å². The van der Waals surface area contributed by atoms with Gasteiger partial charge in [-0.15, -0.1) is 0 Å². The zero-order chi connectivity index (χ0) is 14.1. The van der Waals surface area contributed by atoms with Gasteiger partial charge in [-0.05, 0) is 24.0 Å². The molecule has 1 aromatic carbocycles. The second kappa shape index (κ2) is 5.57. The van der Waals surface area contributed by atoms with E-state index in [0.29, 0.717) is 11.9 Å². The van der Waals surface area contributed by atoms with Gasteiger partial charge in [0.05, 0.1) is 0 Å². The number of benzene rings is 1. The monoisotopic (exact) mass is 272 g/mol. The molecule has 0 N–H and O–H groups in total. The highest BCUT2D eigenvalue weighted by Crippen LogP contribution is 2.35. The van der Waals surface area contributed by atoms with Crippen molar-refractivity contribution in [3.05, 3.63) is 35.4 Å². The van der Waals surface area contributed by atoms with E-state index in [4.69, 9.17) is 0 Å². The maximum atomic E-state index is 12.0. The number of hydrogen-bond acceptors (Lipinski definition) is 2. The van der Waals surface area contributed by atoms with Crippen LogP contribution in [0.4, 0.5) is 0 Å². The summed E-state index contributed by atoms with van der Waals surface area (Å²) in [6.07, 6.45) is 2.43. The van der Waals surface area contributed by atoms with Gasteiger partial charge in [-0.2, -0.15) is 0 Å². The Morgan fingerprint density at radius 1 is 1.15 bits per heavy atom. The molecule has 1 unspecified atom stereocenters. The van der Waals surface area contributed by atoms with Crippen molar-refractivity contribution in [2.75, 3.05) is 26.2 Å². The van der Waals surface area contributed by atoms with Crippen molar-refractivity contribution in [3.63, 3.8) is 0 Å². The van der Waals surface area contributed by atoms with E-state index in [0.717, 1.165) is 26.2 Å². The Morgan fingerprint density at radius 3 is 2.55 bits per heavy atom. The van der Waals surface area contributed by atoms with Gasteiger partial charge in [0.1, 0.15) is 0 Å². The molecule has 3 heteroatoms. The van der Waals surface area contributed by atoms with Gasteiger partial charge in [-0.1, -0.05) is 38.1 Å². The molecule has 3 nitrogen and oxygen atoms in total. The third-order valence-electron chi connectivity index (χ3n) is 4.66. The number of hydrogen-bond donors (Lipinski definition) is 0. The maximum Gasteiger partial charge on any atom is 0.225 e. The number of rotatable bonds is 2. The lowest BCUT2D eigenvalue weighted by atomic mass is 10.1. The predicted octanol–water partition coefficient (Wildman–Crippen LogP) is 2.47. The van der Waals surface area contributed by atoms with Gasteiger partial charge in [0.15, 0.2) is 0 Å². The molecule has 1 saturated heterocycles. The van der Waals surface area contributed by atoms with Crippen molar-refractivity contribution in [1.29, 1.82) is 0 Å². The van der Waals surface area contributed by atoms with Crippen molar-refractivity contribution >= 4 is 5.91 Å². The minimum atomic E-state index is 0.119. The zero-order valence-electron chi connectivity index (χ0n) is 12.5. The maximum absolute atomic E-state index is 12.0. The van der Waals surface area contributed by atoms with E-state index in [1.807, 2.05) is 18.7 Å². The lowest BCUT2D eigenvalue weighted by molar-refractivity contribution is -0.136. The van der Waals surface area contributed by atoms with E-state index in [1.54, 1.807) is 0 Å². The number of fused-ring (bicyclic) bond motifs is 1. The summed E-state index contributed by atoms with van der Waals surface area (Å²) >= 11 is 0. The van der Waals surface area contributed by atoms with Crippen LogP contribution in [0.5, 0.6) is 0 Å². The highest BCUT2D eigenvalue weighted by atomic mass is 16.2. The molecule has 0 aromatic heterocycles. The SMILES string of the molecule is CC(C)C(=O)N1CCN(C2CCc3ccccc32)CC1. The molecule has 1 amide bonds. The summed E-state index contributed by atoms with van der Waals surface area (Å²) in [5.74, 6) is 0.422. The fourth-order valence-electron chi connectivity index (χ4n) is 3.53. The largest absolute Gasteiger partial charge is 0.340 e. The van der Waals surface area contributed by atoms with Gasteiger partial charge in [0.2, 0.25) is 5.91 Å². The minimum absolute atomic E-state index is 0.119. The van der Waals surface area contributed by atoms with Gasteiger partial charge in [0, 0.05) is 38.1 Å². The first-order chi connectivity index (χ1) is 9.66. The van der Waals surface area contributed by atoms with Crippen LogP contribution in [0.1, 0.15) is 37.4 Å². The number of carbonyl (C=O) groups is 1. The molecule has 0 saturated carbocycles. The smallest absolute Gasteiger partial charge is 0.225 e. The molecule has 1 atom stereocenters. The van der Waals surface area contributed by atoms with Crippen LogP contribution in [0.25, 0.3) is 0 Å². The Kier molecular flexibility index (Phi) is 3.79. The fraction of sp³-hybridized carbons (Fsp3) is 0.588. The van der Waals surface area contributed by atoms with Crippen molar-refractivity contribution in [1.82, 2.24) is 9.80 Å². The number of nitrogens with zero attached hydrogens (tertiary/aromatic N) is 2. The lowest BCUT2D eigenvalue weighted by Crippen LogP contribution is -2.50. The van der Waals surface area contributed by atoms with E-state index in [9.17, 15) is 4.79 Å². The molecule has 1 aliphatic heterocycles. The van der Waals surface area contributed by atoms with Crippen molar-refractivity contribution in [2.24, 2.45) is 5.92 Å². The predicted molar refractivity (Wildman–Crippen MR) is 80.5 cm³/mol. The first kappa shape index (κ1) is 13.6. The summed E-state index contributed by atoms with van der Waals surface area (Å²) in [6, 6.07) is 9.39. The van der Waals surface area contributed by atoms with E-state index in [2.05, 4.69) is 29.2 Å².